The zero-order chi connectivity index (χ0) is 12.5. The summed E-state index contributed by atoms with van der Waals surface area (Å²) in [4.78, 5) is 14.2. The van der Waals surface area contributed by atoms with E-state index in [1.807, 2.05) is 0 Å². The third kappa shape index (κ3) is 2.11. The minimum absolute atomic E-state index is 0.122. The van der Waals surface area contributed by atoms with Gasteiger partial charge in [0.25, 0.3) is 6.43 Å². The Morgan fingerprint density at radius 1 is 1.41 bits per heavy atom. The van der Waals surface area contributed by atoms with Gasteiger partial charge in [-0.05, 0) is 30.9 Å². The molecule has 0 spiro atoms. The fourth-order valence-corrected chi connectivity index (χ4v) is 2.45. The van der Waals surface area contributed by atoms with Crippen molar-refractivity contribution >= 4 is 17.7 Å². The average Bonchev–Trinajstić information content (AvgIpc) is 2.24. The van der Waals surface area contributed by atoms with Gasteiger partial charge in [0.1, 0.15) is 0 Å². The van der Waals surface area contributed by atoms with Crippen LogP contribution in [0.5, 0.6) is 0 Å². The number of halogens is 3. The molecule has 0 aromatic heterocycles. The van der Waals surface area contributed by atoms with Gasteiger partial charge in [-0.3, -0.25) is 0 Å². The molecule has 1 aliphatic carbocycles. The van der Waals surface area contributed by atoms with Gasteiger partial charge in [-0.25, -0.2) is 13.6 Å². The van der Waals surface area contributed by atoms with Crippen LogP contribution in [0.1, 0.15) is 36.8 Å². The first-order valence-electron chi connectivity index (χ1n) is 5.26. The lowest BCUT2D eigenvalue weighted by Crippen LogP contribution is -2.32. The van der Waals surface area contributed by atoms with Crippen LogP contribution in [0.15, 0.2) is 23.2 Å². The van der Waals surface area contributed by atoms with Crippen molar-refractivity contribution < 1.29 is 13.6 Å². The highest BCUT2D eigenvalue weighted by Gasteiger charge is 2.40. The first-order chi connectivity index (χ1) is 8.09. The summed E-state index contributed by atoms with van der Waals surface area (Å²) in [5.74, 6) is 0. The molecule has 0 heterocycles. The molecule has 0 amide bonds. The molecule has 2 nitrogen and oxygen atoms in total. The molecule has 0 N–H and O–H groups in total. The number of hydrogen-bond donors (Lipinski definition) is 0. The van der Waals surface area contributed by atoms with Crippen molar-refractivity contribution in [1.82, 2.24) is 0 Å². The number of rotatable bonds is 3. The Morgan fingerprint density at radius 2 is 2.12 bits per heavy atom. The van der Waals surface area contributed by atoms with Crippen molar-refractivity contribution in [2.45, 2.75) is 31.2 Å². The molecule has 0 aliphatic heterocycles. The maximum atomic E-state index is 12.5. The fraction of sp³-hybridized carbons (Fsp3) is 0.417. The molecule has 90 valence electrons. The molecule has 17 heavy (non-hydrogen) atoms. The predicted octanol–water partition coefficient (Wildman–Crippen LogP) is 3.99. The van der Waals surface area contributed by atoms with E-state index in [0.29, 0.717) is 18.4 Å². The molecule has 1 saturated carbocycles. The van der Waals surface area contributed by atoms with Crippen LogP contribution in [0.25, 0.3) is 0 Å². The van der Waals surface area contributed by atoms with Crippen molar-refractivity contribution in [2.75, 3.05) is 0 Å². The van der Waals surface area contributed by atoms with Crippen LogP contribution in [0.2, 0.25) is 5.02 Å². The lowest BCUT2D eigenvalue weighted by molar-refractivity contribution is 0.151. The van der Waals surface area contributed by atoms with Gasteiger partial charge in [-0.1, -0.05) is 23.7 Å². The Hall–Kier alpha value is -1.25. The predicted molar refractivity (Wildman–Crippen MR) is 60.1 cm³/mol. The monoisotopic (exact) mass is 257 g/mol. The molecule has 2 rings (SSSR count). The third-order valence-electron chi connectivity index (χ3n) is 3.19. The number of benzene rings is 1. The number of nitrogens with zero attached hydrogens (tertiary/aromatic N) is 1. The fourth-order valence-electron chi connectivity index (χ4n) is 2.08. The van der Waals surface area contributed by atoms with Gasteiger partial charge in [0, 0.05) is 10.6 Å². The van der Waals surface area contributed by atoms with Crippen LogP contribution in [-0.4, -0.2) is 6.08 Å². The summed E-state index contributed by atoms with van der Waals surface area (Å²) in [6, 6.07) is 4.10. The van der Waals surface area contributed by atoms with Crippen molar-refractivity contribution in [1.29, 1.82) is 0 Å². The topological polar surface area (TPSA) is 29.4 Å². The van der Waals surface area contributed by atoms with E-state index < -0.39 is 12.0 Å². The smallest absolute Gasteiger partial charge is 0.211 e. The molecule has 1 aromatic carbocycles. The highest BCUT2D eigenvalue weighted by atomic mass is 35.5. The number of carbonyl (C=O) groups excluding carboxylic acids is 1. The van der Waals surface area contributed by atoms with Crippen molar-refractivity contribution in [3.63, 3.8) is 0 Å². The maximum Gasteiger partial charge on any atom is 0.263 e. The molecule has 1 aromatic rings. The summed E-state index contributed by atoms with van der Waals surface area (Å²) in [7, 11) is 0. The lowest BCUT2D eigenvalue weighted by Gasteiger charge is -2.37. The van der Waals surface area contributed by atoms with Gasteiger partial charge in [0.15, 0.2) is 0 Å². The molecule has 0 unspecified atom stereocenters. The first kappa shape index (κ1) is 12.2. The molecule has 0 radical (unpaired) electrons. The number of alkyl halides is 2. The third-order valence-corrected chi connectivity index (χ3v) is 3.50. The van der Waals surface area contributed by atoms with E-state index in [0.717, 1.165) is 6.42 Å². The average molecular weight is 258 g/mol. The van der Waals surface area contributed by atoms with E-state index >= 15 is 0 Å². The number of isocyanates is 1. The molecular formula is C12H10ClF2NO. The summed E-state index contributed by atoms with van der Waals surface area (Å²) in [6.07, 6.45) is 1.35. The normalized spacial score (nSPS) is 17.4. The second-order valence-electron chi connectivity index (χ2n) is 4.13. The Balaban J connectivity index is 2.42. The Labute approximate surface area is 102 Å². The second-order valence-corrected chi connectivity index (χ2v) is 4.54. The van der Waals surface area contributed by atoms with Crippen molar-refractivity contribution in [3.05, 3.63) is 34.3 Å². The first-order valence-corrected chi connectivity index (χ1v) is 5.64. The summed E-state index contributed by atoms with van der Waals surface area (Å²) in [5.41, 5.74) is -0.124. The van der Waals surface area contributed by atoms with Crippen molar-refractivity contribution in [3.8, 4) is 0 Å². The molecule has 0 bridgehead atoms. The van der Waals surface area contributed by atoms with Crippen LogP contribution in [0.3, 0.4) is 0 Å². The van der Waals surface area contributed by atoms with Crippen LogP contribution >= 0.6 is 11.6 Å². The Morgan fingerprint density at radius 3 is 2.53 bits per heavy atom. The summed E-state index contributed by atoms with van der Waals surface area (Å²) in [6.45, 7) is 0. The van der Waals surface area contributed by atoms with Crippen molar-refractivity contribution in [2.24, 2.45) is 4.99 Å². The van der Waals surface area contributed by atoms with Crippen LogP contribution in [0, 0.1) is 0 Å². The minimum atomic E-state index is -2.55. The van der Waals surface area contributed by atoms with E-state index in [2.05, 4.69) is 4.99 Å². The van der Waals surface area contributed by atoms with Gasteiger partial charge in [0.05, 0.1) is 5.54 Å². The zero-order valence-corrected chi connectivity index (χ0v) is 9.68. The van der Waals surface area contributed by atoms with E-state index in [1.165, 1.54) is 18.2 Å². The number of aliphatic imine (C=N–C) groups is 1. The van der Waals surface area contributed by atoms with Gasteiger partial charge < -0.3 is 0 Å². The van der Waals surface area contributed by atoms with E-state index in [-0.39, 0.29) is 10.6 Å². The molecule has 0 saturated heterocycles. The van der Waals surface area contributed by atoms with Gasteiger partial charge in [-0.15, -0.1) is 0 Å². The Kier molecular flexibility index (Phi) is 3.27. The molecule has 1 aliphatic rings. The standard InChI is InChI=1S/C12H10ClF2NO/c13-10-6-8(11(14)15)2-3-9(10)12(16-7-17)4-1-5-12/h2-3,6,11H,1,4-5H2. The maximum absolute atomic E-state index is 12.5. The summed E-state index contributed by atoms with van der Waals surface area (Å²) < 4.78 is 24.9. The SMILES string of the molecule is O=C=NC1(c2ccc(C(F)F)cc2Cl)CCC1. The minimum Gasteiger partial charge on any atom is -0.211 e. The molecular weight excluding hydrogens is 248 g/mol. The molecule has 0 atom stereocenters. The van der Waals surface area contributed by atoms with Gasteiger partial charge in [0.2, 0.25) is 6.08 Å². The number of hydrogen-bond acceptors (Lipinski definition) is 2. The van der Waals surface area contributed by atoms with Crippen LogP contribution in [0.4, 0.5) is 8.78 Å². The second kappa shape index (κ2) is 4.55. The summed E-state index contributed by atoms with van der Waals surface area (Å²) >= 11 is 5.98. The van der Waals surface area contributed by atoms with Gasteiger partial charge in [-0.2, -0.15) is 4.99 Å². The largest absolute Gasteiger partial charge is 0.263 e. The van der Waals surface area contributed by atoms with E-state index in [9.17, 15) is 13.6 Å². The van der Waals surface area contributed by atoms with E-state index in [1.54, 1.807) is 6.08 Å². The van der Waals surface area contributed by atoms with Gasteiger partial charge >= 0.3 is 0 Å². The van der Waals surface area contributed by atoms with Crippen LogP contribution < -0.4 is 0 Å². The molecule has 5 heteroatoms. The molecule has 1 fully saturated rings. The summed E-state index contributed by atoms with van der Waals surface area (Å²) in [5, 5.41) is 0.238. The van der Waals surface area contributed by atoms with Crippen LogP contribution in [-0.2, 0) is 10.3 Å². The highest BCUT2D eigenvalue weighted by molar-refractivity contribution is 6.31. The quantitative estimate of drug-likeness (QED) is 0.595. The Bertz CT molecular complexity index is 479. The highest BCUT2D eigenvalue weighted by Crippen LogP contribution is 2.47. The zero-order valence-electron chi connectivity index (χ0n) is 8.92. The lowest BCUT2D eigenvalue weighted by atomic mass is 9.72. The van der Waals surface area contributed by atoms with E-state index in [4.69, 9.17) is 11.6 Å².